The van der Waals surface area contributed by atoms with Gasteiger partial charge in [0.05, 0.1) is 0 Å². The molecule has 0 atom stereocenters. The second-order valence-corrected chi connectivity index (χ2v) is 5.62. The molecule has 4 nitrogen and oxygen atoms in total. The summed E-state index contributed by atoms with van der Waals surface area (Å²) in [7, 11) is 0. The summed E-state index contributed by atoms with van der Waals surface area (Å²) in [6, 6.07) is 18.9. The Morgan fingerprint density at radius 3 is 2.42 bits per heavy atom. The fourth-order valence-electron chi connectivity index (χ4n) is 2.54. The quantitative estimate of drug-likeness (QED) is 0.782. The lowest BCUT2D eigenvalue weighted by atomic mass is 10.0. The standard InChI is InChI=1S/C20H16N2O2/c1-13-4-3-5-17(10-13)24-16-8-6-15(7-9-16)18-11-14(2)22-20(23)19(18)12-21/h3-11H,1-2H3,(H,22,23). The first-order chi connectivity index (χ1) is 11.6. The van der Waals surface area contributed by atoms with Crippen LogP contribution in [0.3, 0.4) is 0 Å². The number of ether oxygens (including phenoxy) is 1. The van der Waals surface area contributed by atoms with Crippen molar-refractivity contribution in [3.05, 3.63) is 81.8 Å². The number of aromatic nitrogens is 1. The van der Waals surface area contributed by atoms with Gasteiger partial charge in [0.1, 0.15) is 23.1 Å². The van der Waals surface area contributed by atoms with Crippen LogP contribution in [0.2, 0.25) is 0 Å². The number of benzene rings is 2. The molecule has 24 heavy (non-hydrogen) atoms. The van der Waals surface area contributed by atoms with Gasteiger partial charge in [-0.1, -0.05) is 24.3 Å². The summed E-state index contributed by atoms with van der Waals surface area (Å²) in [5.41, 5.74) is 3.02. The van der Waals surface area contributed by atoms with E-state index in [1.165, 1.54) is 0 Å². The number of aryl methyl sites for hydroxylation is 2. The van der Waals surface area contributed by atoms with Crippen molar-refractivity contribution in [3.8, 4) is 28.7 Å². The molecule has 0 aliphatic rings. The maximum absolute atomic E-state index is 11.9. The van der Waals surface area contributed by atoms with Crippen LogP contribution in [0.15, 0.2) is 59.4 Å². The van der Waals surface area contributed by atoms with E-state index in [4.69, 9.17) is 4.74 Å². The van der Waals surface area contributed by atoms with E-state index in [2.05, 4.69) is 4.98 Å². The molecule has 0 aliphatic carbocycles. The highest BCUT2D eigenvalue weighted by atomic mass is 16.5. The smallest absolute Gasteiger partial charge is 0.266 e. The highest BCUT2D eigenvalue weighted by molar-refractivity contribution is 5.70. The van der Waals surface area contributed by atoms with Gasteiger partial charge in [0.15, 0.2) is 0 Å². The number of pyridine rings is 1. The van der Waals surface area contributed by atoms with Gasteiger partial charge < -0.3 is 9.72 Å². The average molecular weight is 316 g/mol. The summed E-state index contributed by atoms with van der Waals surface area (Å²) >= 11 is 0. The van der Waals surface area contributed by atoms with Crippen molar-refractivity contribution >= 4 is 0 Å². The summed E-state index contributed by atoms with van der Waals surface area (Å²) < 4.78 is 5.82. The highest BCUT2D eigenvalue weighted by Crippen LogP contribution is 2.27. The number of hydrogen-bond donors (Lipinski definition) is 1. The molecule has 0 radical (unpaired) electrons. The molecule has 1 aromatic heterocycles. The number of hydrogen-bond acceptors (Lipinski definition) is 3. The van der Waals surface area contributed by atoms with E-state index in [-0.39, 0.29) is 11.1 Å². The monoisotopic (exact) mass is 316 g/mol. The van der Waals surface area contributed by atoms with Crippen LogP contribution in [0.1, 0.15) is 16.8 Å². The van der Waals surface area contributed by atoms with E-state index in [0.29, 0.717) is 17.0 Å². The topological polar surface area (TPSA) is 65.9 Å². The number of H-pyrrole nitrogens is 1. The molecule has 0 aliphatic heterocycles. The molecule has 0 amide bonds. The van der Waals surface area contributed by atoms with E-state index >= 15 is 0 Å². The van der Waals surface area contributed by atoms with Crippen molar-refractivity contribution in [2.45, 2.75) is 13.8 Å². The third-order valence-electron chi connectivity index (χ3n) is 3.67. The zero-order valence-corrected chi connectivity index (χ0v) is 13.5. The third kappa shape index (κ3) is 3.21. The highest BCUT2D eigenvalue weighted by Gasteiger charge is 2.10. The van der Waals surface area contributed by atoms with Gasteiger partial charge in [-0.3, -0.25) is 4.79 Å². The van der Waals surface area contributed by atoms with Crippen LogP contribution in [0.25, 0.3) is 11.1 Å². The first kappa shape index (κ1) is 15.6. The van der Waals surface area contributed by atoms with Crippen molar-refractivity contribution in [2.24, 2.45) is 0 Å². The SMILES string of the molecule is Cc1cccc(Oc2ccc(-c3cc(C)[nH]c(=O)c3C#N)cc2)c1. The van der Waals surface area contributed by atoms with Gasteiger partial charge >= 0.3 is 0 Å². The molecular formula is C20H16N2O2. The maximum Gasteiger partial charge on any atom is 0.266 e. The lowest BCUT2D eigenvalue weighted by Crippen LogP contribution is -2.12. The normalized spacial score (nSPS) is 10.2. The molecule has 0 saturated carbocycles. The van der Waals surface area contributed by atoms with Crippen molar-refractivity contribution < 1.29 is 4.74 Å². The van der Waals surface area contributed by atoms with Crippen molar-refractivity contribution in [2.75, 3.05) is 0 Å². The fourth-order valence-corrected chi connectivity index (χ4v) is 2.54. The number of nitriles is 1. The number of aromatic amines is 1. The molecule has 3 aromatic rings. The van der Waals surface area contributed by atoms with Crippen molar-refractivity contribution in [3.63, 3.8) is 0 Å². The minimum Gasteiger partial charge on any atom is -0.457 e. The van der Waals surface area contributed by atoms with Gasteiger partial charge in [-0.25, -0.2) is 0 Å². The first-order valence-corrected chi connectivity index (χ1v) is 7.56. The molecule has 118 valence electrons. The van der Waals surface area contributed by atoms with Crippen LogP contribution in [0.4, 0.5) is 0 Å². The van der Waals surface area contributed by atoms with E-state index in [1.807, 2.05) is 61.5 Å². The Morgan fingerprint density at radius 2 is 1.75 bits per heavy atom. The van der Waals surface area contributed by atoms with Gasteiger partial charge in [0, 0.05) is 11.3 Å². The van der Waals surface area contributed by atoms with Gasteiger partial charge in [0.2, 0.25) is 0 Å². The van der Waals surface area contributed by atoms with Gasteiger partial charge in [-0.15, -0.1) is 0 Å². The predicted molar refractivity (Wildman–Crippen MR) is 93.2 cm³/mol. The van der Waals surface area contributed by atoms with E-state index in [0.717, 1.165) is 16.9 Å². The van der Waals surface area contributed by atoms with Crippen molar-refractivity contribution in [1.82, 2.24) is 4.98 Å². The summed E-state index contributed by atoms with van der Waals surface area (Å²) in [6.45, 7) is 3.80. The first-order valence-electron chi connectivity index (χ1n) is 7.56. The Kier molecular flexibility index (Phi) is 4.17. The lowest BCUT2D eigenvalue weighted by molar-refractivity contribution is 0.482. The van der Waals surface area contributed by atoms with E-state index < -0.39 is 0 Å². The molecule has 0 unspecified atom stereocenters. The zero-order valence-electron chi connectivity index (χ0n) is 13.5. The van der Waals surface area contributed by atoms with E-state index in [9.17, 15) is 10.1 Å². The van der Waals surface area contributed by atoms with Gasteiger partial charge in [-0.05, 0) is 55.3 Å². The Balaban J connectivity index is 1.93. The summed E-state index contributed by atoms with van der Waals surface area (Å²) in [4.78, 5) is 14.5. The maximum atomic E-state index is 11.9. The van der Waals surface area contributed by atoms with Crippen molar-refractivity contribution in [1.29, 1.82) is 5.26 Å². The predicted octanol–water partition coefficient (Wildman–Crippen LogP) is 4.32. The van der Waals surface area contributed by atoms with Crippen LogP contribution in [-0.2, 0) is 0 Å². The molecule has 1 N–H and O–H groups in total. The lowest BCUT2D eigenvalue weighted by Gasteiger charge is -2.09. The Bertz CT molecular complexity index is 980. The number of rotatable bonds is 3. The second-order valence-electron chi connectivity index (χ2n) is 5.62. The summed E-state index contributed by atoms with van der Waals surface area (Å²) in [6.07, 6.45) is 0. The molecular weight excluding hydrogens is 300 g/mol. The van der Waals surface area contributed by atoms with Gasteiger partial charge in [-0.2, -0.15) is 5.26 Å². The molecule has 0 spiro atoms. The van der Waals surface area contributed by atoms with Crippen LogP contribution >= 0.6 is 0 Å². The van der Waals surface area contributed by atoms with Crippen LogP contribution in [-0.4, -0.2) is 4.98 Å². The van der Waals surface area contributed by atoms with E-state index in [1.54, 1.807) is 13.0 Å². The zero-order chi connectivity index (χ0) is 17.1. The van der Waals surface area contributed by atoms with Gasteiger partial charge in [0.25, 0.3) is 5.56 Å². The average Bonchev–Trinajstić information content (AvgIpc) is 2.55. The Labute approximate surface area is 140 Å². The molecule has 4 heteroatoms. The number of nitrogens with zero attached hydrogens (tertiary/aromatic N) is 1. The molecule has 3 rings (SSSR count). The largest absolute Gasteiger partial charge is 0.457 e. The molecule has 1 heterocycles. The molecule has 0 fully saturated rings. The minimum atomic E-state index is -0.368. The fraction of sp³-hybridized carbons (Fsp3) is 0.100. The van der Waals surface area contributed by atoms with Crippen LogP contribution in [0.5, 0.6) is 11.5 Å². The summed E-state index contributed by atoms with van der Waals surface area (Å²) in [5, 5.41) is 9.23. The Hall–Kier alpha value is -3.32. The number of nitrogens with one attached hydrogen (secondary N) is 1. The third-order valence-corrected chi connectivity index (χ3v) is 3.67. The Morgan fingerprint density at radius 1 is 1.00 bits per heavy atom. The van der Waals surface area contributed by atoms with Crippen LogP contribution < -0.4 is 10.3 Å². The minimum absolute atomic E-state index is 0.118. The molecule has 2 aromatic carbocycles. The summed E-state index contributed by atoms with van der Waals surface area (Å²) in [5.74, 6) is 1.47. The molecule has 0 saturated heterocycles. The second kappa shape index (κ2) is 6.43. The molecule has 0 bridgehead atoms. The van der Waals surface area contributed by atoms with Crippen LogP contribution in [0, 0.1) is 25.2 Å².